The lowest BCUT2D eigenvalue weighted by atomic mass is 10.0. The number of nitrogens with one attached hydrogen (secondary N) is 1. The van der Waals surface area contributed by atoms with Crippen LogP contribution in [0.4, 0.5) is 4.39 Å². The van der Waals surface area contributed by atoms with Crippen LogP contribution in [-0.4, -0.2) is 44.7 Å². The van der Waals surface area contributed by atoms with E-state index in [0.717, 1.165) is 31.5 Å². The smallest absolute Gasteiger partial charge is 0.254 e. The van der Waals surface area contributed by atoms with Gasteiger partial charge in [0.2, 0.25) is 0 Å². The minimum absolute atomic E-state index is 0.0178. The summed E-state index contributed by atoms with van der Waals surface area (Å²) in [6.07, 6.45) is 3.48. The molecule has 1 heterocycles. The van der Waals surface area contributed by atoms with Gasteiger partial charge in [-0.3, -0.25) is 9.69 Å². The Bertz CT molecular complexity index is 806. The van der Waals surface area contributed by atoms with Crippen molar-refractivity contribution in [3.8, 4) is 11.5 Å². The normalized spacial score (nSPS) is 15.7. The first kappa shape index (κ1) is 20.1. The van der Waals surface area contributed by atoms with E-state index in [0.29, 0.717) is 18.0 Å². The van der Waals surface area contributed by atoms with E-state index >= 15 is 0 Å². The van der Waals surface area contributed by atoms with Crippen LogP contribution in [0.3, 0.4) is 0 Å². The van der Waals surface area contributed by atoms with Gasteiger partial charge in [-0.05, 0) is 55.8 Å². The molecule has 6 heteroatoms. The minimum atomic E-state index is -0.513. The molecule has 1 saturated heterocycles. The van der Waals surface area contributed by atoms with Crippen LogP contribution in [0.1, 0.15) is 41.2 Å². The second-order valence-electron chi connectivity index (χ2n) is 6.92. The molecule has 1 amide bonds. The Kier molecular flexibility index (Phi) is 6.87. The predicted molar refractivity (Wildman–Crippen MR) is 106 cm³/mol. The molecule has 0 radical (unpaired) electrons. The lowest BCUT2D eigenvalue weighted by Crippen LogP contribution is -2.40. The summed E-state index contributed by atoms with van der Waals surface area (Å²) in [7, 11) is 3.21. The van der Waals surface area contributed by atoms with E-state index in [-0.39, 0.29) is 11.6 Å². The van der Waals surface area contributed by atoms with Crippen LogP contribution < -0.4 is 14.8 Å². The molecule has 1 aliphatic heterocycles. The number of rotatable bonds is 7. The number of ether oxygens (including phenoxy) is 2. The van der Waals surface area contributed by atoms with E-state index in [1.165, 1.54) is 18.6 Å². The summed E-state index contributed by atoms with van der Waals surface area (Å²) >= 11 is 0. The molecular weight excluding hydrogens is 359 g/mol. The van der Waals surface area contributed by atoms with E-state index < -0.39 is 11.7 Å². The van der Waals surface area contributed by atoms with Gasteiger partial charge in [0.05, 0.1) is 25.8 Å². The standard InChI is InChI=1S/C22H27FN2O3/c1-27-20-11-10-16(14-21(20)28-2)19(25-12-6-3-7-13-25)15-24-22(26)17-8-4-5-9-18(17)23/h4-5,8-11,14,19H,3,6-7,12-13,15H2,1-2H3,(H,24,26). The Labute approximate surface area is 165 Å². The van der Waals surface area contributed by atoms with Gasteiger partial charge in [0, 0.05) is 6.54 Å². The molecule has 0 aromatic heterocycles. The molecule has 150 valence electrons. The van der Waals surface area contributed by atoms with Gasteiger partial charge in [0.15, 0.2) is 11.5 Å². The summed E-state index contributed by atoms with van der Waals surface area (Å²) in [4.78, 5) is 14.9. The Morgan fingerprint density at radius 3 is 2.46 bits per heavy atom. The van der Waals surface area contributed by atoms with Crippen molar-refractivity contribution in [1.29, 1.82) is 0 Å². The first-order valence-electron chi connectivity index (χ1n) is 9.62. The van der Waals surface area contributed by atoms with Crippen molar-refractivity contribution in [2.24, 2.45) is 0 Å². The number of amides is 1. The molecule has 1 unspecified atom stereocenters. The van der Waals surface area contributed by atoms with Crippen LogP contribution >= 0.6 is 0 Å². The van der Waals surface area contributed by atoms with Gasteiger partial charge in [-0.1, -0.05) is 24.6 Å². The molecule has 5 nitrogen and oxygen atoms in total. The molecule has 1 atom stereocenters. The van der Waals surface area contributed by atoms with E-state index in [4.69, 9.17) is 9.47 Å². The zero-order valence-corrected chi connectivity index (χ0v) is 16.4. The van der Waals surface area contributed by atoms with Crippen molar-refractivity contribution < 1.29 is 18.7 Å². The largest absolute Gasteiger partial charge is 0.493 e. The molecule has 28 heavy (non-hydrogen) atoms. The summed E-state index contributed by atoms with van der Waals surface area (Å²) < 4.78 is 24.7. The average molecular weight is 386 g/mol. The average Bonchev–Trinajstić information content (AvgIpc) is 2.74. The predicted octanol–water partition coefficient (Wildman–Crippen LogP) is 3.80. The lowest BCUT2D eigenvalue weighted by Gasteiger charge is -2.35. The van der Waals surface area contributed by atoms with Gasteiger partial charge in [0.1, 0.15) is 5.82 Å². The summed E-state index contributed by atoms with van der Waals surface area (Å²) in [5, 5.41) is 2.91. The maximum absolute atomic E-state index is 13.9. The van der Waals surface area contributed by atoms with Gasteiger partial charge in [-0.15, -0.1) is 0 Å². The van der Waals surface area contributed by atoms with Crippen LogP contribution in [0.2, 0.25) is 0 Å². The van der Waals surface area contributed by atoms with E-state index in [1.807, 2.05) is 18.2 Å². The number of halogens is 1. The zero-order chi connectivity index (χ0) is 19.9. The summed E-state index contributed by atoms with van der Waals surface area (Å²) in [5.74, 6) is 0.405. The fourth-order valence-electron chi connectivity index (χ4n) is 3.68. The lowest BCUT2D eigenvalue weighted by molar-refractivity contribution is 0.0920. The highest BCUT2D eigenvalue weighted by Gasteiger charge is 2.24. The van der Waals surface area contributed by atoms with Crippen molar-refractivity contribution in [2.75, 3.05) is 33.9 Å². The second kappa shape index (κ2) is 9.55. The van der Waals surface area contributed by atoms with E-state index in [2.05, 4.69) is 10.2 Å². The summed E-state index contributed by atoms with van der Waals surface area (Å²) in [6, 6.07) is 11.8. The molecule has 0 bridgehead atoms. The monoisotopic (exact) mass is 386 g/mol. The number of hydrogen-bond donors (Lipinski definition) is 1. The van der Waals surface area contributed by atoms with E-state index in [1.54, 1.807) is 26.4 Å². The topological polar surface area (TPSA) is 50.8 Å². The number of carbonyl (C=O) groups is 1. The van der Waals surface area contributed by atoms with Gasteiger partial charge < -0.3 is 14.8 Å². The summed E-state index contributed by atoms with van der Waals surface area (Å²) in [6.45, 7) is 2.33. The zero-order valence-electron chi connectivity index (χ0n) is 16.4. The van der Waals surface area contributed by atoms with Crippen molar-refractivity contribution in [3.05, 3.63) is 59.4 Å². The van der Waals surface area contributed by atoms with Crippen LogP contribution in [0, 0.1) is 5.82 Å². The number of piperidine rings is 1. The number of benzene rings is 2. The van der Waals surface area contributed by atoms with Gasteiger partial charge >= 0.3 is 0 Å². The number of methoxy groups -OCH3 is 2. The molecule has 1 fully saturated rings. The molecule has 3 rings (SSSR count). The fraction of sp³-hybridized carbons (Fsp3) is 0.409. The molecule has 1 aliphatic rings. The van der Waals surface area contributed by atoms with Crippen molar-refractivity contribution >= 4 is 5.91 Å². The maximum atomic E-state index is 13.9. The maximum Gasteiger partial charge on any atom is 0.254 e. The first-order valence-corrected chi connectivity index (χ1v) is 9.62. The minimum Gasteiger partial charge on any atom is -0.493 e. The van der Waals surface area contributed by atoms with Gasteiger partial charge in [0.25, 0.3) is 5.91 Å². The van der Waals surface area contributed by atoms with Crippen LogP contribution in [-0.2, 0) is 0 Å². The molecule has 0 aliphatic carbocycles. The molecule has 1 N–H and O–H groups in total. The first-order chi connectivity index (χ1) is 13.6. The van der Waals surface area contributed by atoms with Crippen molar-refractivity contribution in [3.63, 3.8) is 0 Å². The van der Waals surface area contributed by atoms with Crippen LogP contribution in [0.15, 0.2) is 42.5 Å². The second-order valence-corrected chi connectivity index (χ2v) is 6.92. The van der Waals surface area contributed by atoms with Crippen LogP contribution in [0.5, 0.6) is 11.5 Å². The Hall–Kier alpha value is -2.60. The molecular formula is C22H27FN2O3. The third-order valence-corrected chi connectivity index (χ3v) is 5.20. The quantitative estimate of drug-likeness (QED) is 0.786. The highest BCUT2D eigenvalue weighted by molar-refractivity contribution is 5.94. The van der Waals surface area contributed by atoms with Crippen molar-refractivity contribution in [1.82, 2.24) is 10.2 Å². The summed E-state index contributed by atoms with van der Waals surface area (Å²) in [5.41, 5.74) is 1.10. The van der Waals surface area contributed by atoms with Gasteiger partial charge in [-0.25, -0.2) is 4.39 Å². The van der Waals surface area contributed by atoms with Crippen molar-refractivity contribution in [2.45, 2.75) is 25.3 Å². The number of hydrogen-bond acceptors (Lipinski definition) is 4. The third-order valence-electron chi connectivity index (χ3n) is 5.20. The molecule has 0 saturated carbocycles. The Morgan fingerprint density at radius 2 is 1.79 bits per heavy atom. The molecule has 2 aromatic carbocycles. The van der Waals surface area contributed by atoms with Crippen LogP contribution in [0.25, 0.3) is 0 Å². The van der Waals surface area contributed by atoms with Gasteiger partial charge in [-0.2, -0.15) is 0 Å². The third kappa shape index (κ3) is 4.62. The Morgan fingerprint density at radius 1 is 1.07 bits per heavy atom. The molecule has 0 spiro atoms. The highest BCUT2D eigenvalue weighted by Crippen LogP contribution is 2.32. The highest BCUT2D eigenvalue weighted by atomic mass is 19.1. The van der Waals surface area contributed by atoms with E-state index in [9.17, 15) is 9.18 Å². The number of nitrogens with zero attached hydrogens (tertiary/aromatic N) is 1. The fourth-order valence-corrected chi connectivity index (χ4v) is 3.68. The number of carbonyl (C=O) groups excluding carboxylic acids is 1. The number of likely N-dealkylation sites (tertiary alicyclic amines) is 1. The molecule has 2 aromatic rings. The SMILES string of the molecule is COc1ccc(C(CNC(=O)c2ccccc2F)N2CCCCC2)cc1OC. The Balaban J connectivity index is 1.81.